The summed E-state index contributed by atoms with van der Waals surface area (Å²) >= 11 is 0. The molecule has 2 rings (SSSR count). The van der Waals surface area contributed by atoms with Crippen molar-refractivity contribution in [3.8, 4) is 0 Å². The molecule has 0 aliphatic heterocycles. The van der Waals surface area contributed by atoms with Crippen molar-refractivity contribution in [3.63, 3.8) is 0 Å². The van der Waals surface area contributed by atoms with Crippen LogP contribution < -0.4 is 27.0 Å². The Hall–Kier alpha value is -3.93. The molecule has 0 unspecified atom stereocenters. The number of carboxylic acid groups (broad SMARTS) is 1. The van der Waals surface area contributed by atoms with Crippen LogP contribution in [0.2, 0.25) is 0 Å². The first-order valence-corrected chi connectivity index (χ1v) is 13.5. The van der Waals surface area contributed by atoms with E-state index in [0.29, 0.717) is 6.42 Å². The predicted octanol–water partition coefficient (Wildman–Crippen LogP) is 0.805. The van der Waals surface area contributed by atoms with Gasteiger partial charge in [-0.3, -0.25) is 24.0 Å². The molecule has 0 radical (unpaired) electrons. The van der Waals surface area contributed by atoms with E-state index in [9.17, 15) is 24.0 Å². The van der Waals surface area contributed by atoms with E-state index in [1.807, 2.05) is 58.2 Å². The highest BCUT2D eigenvalue weighted by molar-refractivity contribution is 5.95. The van der Waals surface area contributed by atoms with Gasteiger partial charge in [0.1, 0.15) is 24.7 Å². The van der Waals surface area contributed by atoms with Gasteiger partial charge in [-0.2, -0.15) is 0 Å². The number of nitrogens with two attached hydrogens (primary N) is 1. The number of hydrogen-bond donors (Lipinski definition) is 7. The molecule has 1 aromatic heterocycles. The fourth-order valence-corrected chi connectivity index (χ4v) is 4.28. The van der Waals surface area contributed by atoms with Gasteiger partial charge in [0.25, 0.3) is 0 Å². The Morgan fingerprint density at radius 3 is 1.95 bits per heavy atom. The van der Waals surface area contributed by atoms with Gasteiger partial charge in [-0.25, -0.2) is 0 Å². The summed E-state index contributed by atoms with van der Waals surface area (Å²) in [5.41, 5.74) is 8.05. The second-order valence-electron chi connectivity index (χ2n) is 10.9. The number of carbonyl (C=O) groups excluding carboxylic acids is 4. The molecule has 12 nitrogen and oxygen atoms in total. The molecule has 0 saturated heterocycles. The third-order valence-corrected chi connectivity index (χ3v) is 6.30. The van der Waals surface area contributed by atoms with Crippen molar-refractivity contribution in [3.05, 3.63) is 36.0 Å². The van der Waals surface area contributed by atoms with E-state index in [-0.39, 0.29) is 24.7 Å². The van der Waals surface area contributed by atoms with E-state index in [2.05, 4.69) is 26.3 Å². The fourth-order valence-electron chi connectivity index (χ4n) is 4.28. The molecule has 0 fully saturated rings. The maximum atomic E-state index is 13.3. The number of aliphatic carboxylic acids is 1. The third kappa shape index (κ3) is 9.99. The van der Waals surface area contributed by atoms with E-state index in [1.54, 1.807) is 0 Å². The lowest BCUT2D eigenvalue weighted by molar-refractivity contribution is -0.138. The molecule has 0 spiro atoms. The second kappa shape index (κ2) is 15.0. The summed E-state index contributed by atoms with van der Waals surface area (Å²) < 4.78 is 0. The summed E-state index contributed by atoms with van der Waals surface area (Å²) in [5.74, 6) is -3.42. The lowest BCUT2D eigenvalue weighted by atomic mass is 9.99. The van der Waals surface area contributed by atoms with Crippen molar-refractivity contribution < 1.29 is 29.1 Å². The summed E-state index contributed by atoms with van der Waals surface area (Å²) in [6.45, 7) is 8.42. The van der Waals surface area contributed by atoms with Crippen molar-refractivity contribution >= 4 is 40.5 Å². The van der Waals surface area contributed by atoms with Crippen molar-refractivity contribution in [2.45, 2.75) is 78.0 Å². The quantitative estimate of drug-likeness (QED) is 0.168. The van der Waals surface area contributed by atoms with Crippen LogP contribution in [-0.2, 0) is 30.4 Å². The molecule has 0 saturated carbocycles. The van der Waals surface area contributed by atoms with E-state index < -0.39 is 60.3 Å². The van der Waals surface area contributed by atoms with Crippen LogP contribution in [0.25, 0.3) is 10.9 Å². The van der Waals surface area contributed by atoms with Crippen LogP contribution in [0.3, 0.4) is 0 Å². The highest BCUT2D eigenvalue weighted by atomic mass is 16.4. The van der Waals surface area contributed by atoms with Crippen molar-refractivity contribution in [2.75, 3.05) is 6.54 Å². The number of H-pyrrole nitrogens is 1. The molecular formula is C28H42N6O6. The van der Waals surface area contributed by atoms with Gasteiger partial charge in [-0.1, -0.05) is 45.9 Å². The topological polar surface area (TPSA) is 196 Å². The summed E-state index contributed by atoms with van der Waals surface area (Å²) in [6, 6.07) is 3.85. The molecule has 1 aromatic carbocycles. The normalized spacial score (nSPS) is 14.3. The Labute approximate surface area is 234 Å². The Morgan fingerprint density at radius 1 is 0.825 bits per heavy atom. The highest BCUT2D eigenvalue weighted by Crippen LogP contribution is 2.19. The number of carbonyl (C=O) groups is 5. The molecule has 8 N–H and O–H groups in total. The van der Waals surface area contributed by atoms with Crippen LogP contribution in [-0.4, -0.2) is 70.4 Å². The van der Waals surface area contributed by atoms with Gasteiger partial charge >= 0.3 is 5.97 Å². The number of fused-ring (bicyclic) bond motifs is 1. The van der Waals surface area contributed by atoms with E-state index in [1.165, 1.54) is 6.92 Å². The van der Waals surface area contributed by atoms with Crippen LogP contribution in [0, 0.1) is 11.8 Å². The molecule has 4 atom stereocenters. The molecule has 12 heteroatoms. The fraction of sp³-hybridized carbons (Fsp3) is 0.536. The maximum Gasteiger partial charge on any atom is 0.322 e. The highest BCUT2D eigenvalue weighted by Gasteiger charge is 2.30. The number of aromatic nitrogens is 1. The first kappa shape index (κ1) is 32.3. The van der Waals surface area contributed by atoms with Gasteiger partial charge in [-0.15, -0.1) is 0 Å². The van der Waals surface area contributed by atoms with Crippen LogP contribution in [0.15, 0.2) is 30.5 Å². The monoisotopic (exact) mass is 558 g/mol. The smallest absolute Gasteiger partial charge is 0.322 e. The van der Waals surface area contributed by atoms with Gasteiger partial charge in [0.05, 0.1) is 6.04 Å². The summed E-state index contributed by atoms with van der Waals surface area (Å²) in [7, 11) is 0. The van der Waals surface area contributed by atoms with Gasteiger partial charge < -0.3 is 37.1 Å². The second-order valence-corrected chi connectivity index (χ2v) is 10.9. The number of nitrogens with one attached hydrogen (secondary N) is 5. The zero-order valence-corrected chi connectivity index (χ0v) is 23.7. The van der Waals surface area contributed by atoms with E-state index in [4.69, 9.17) is 10.8 Å². The number of amides is 4. The number of hydrogen-bond acceptors (Lipinski definition) is 6. The summed E-state index contributed by atoms with van der Waals surface area (Å²) in [4.78, 5) is 65.3. The van der Waals surface area contributed by atoms with Crippen LogP contribution in [0.5, 0.6) is 0 Å². The van der Waals surface area contributed by atoms with Crippen LogP contribution in [0.1, 0.15) is 53.0 Å². The summed E-state index contributed by atoms with van der Waals surface area (Å²) in [6.07, 6.45) is 2.69. The zero-order chi connectivity index (χ0) is 30.0. The molecule has 220 valence electrons. The number of benzene rings is 1. The number of carboxylic acids is 1. The molecule has 1 heterocycles. The molecule has 0 aliphatic rings. The minimum Gasteiger partial charge on any atom is -0.480 e. The summed E-state index contributed by atoms with van der Waals surface area (Å²) in [5, 5.41) is 19.9. The number of aromatic amines is 1. The standard InChI is InChI=1S/C28H42N6O6/c1-15(2)10-22(27(39)32-17(5)25(37)31-14-24(35)36)34-28(40)23(11-16(3)4)33-26(38)20(29)12-18-13-30-21-9-7-6-8-19(18)21/h6-9,13,15-17,20,22-23,30H,10-12,14,29H2,1-5H3,(H,31,37)(H,32,39)(H,33,38)(H,34,40)(H,35,36)/t17-,20-,22-,23-/m0/s1. The van der Waals surface area contributed by atoms with Gasteiger partial charge in [0, 0.05) is 17.1 Å². The molecule has 4 amide bonds. The SMILES string of the molecule is CC(C)C[C@H](NC(=O)[C@H](CC(C)C)NC(=O)[C@@H](N)Cc1c[nH]c2ccccc12)C(=O)N[C@@H](C)C(=O)NCC(=O)O. The van der Waals surface area contributed by atoms with Crippen molar-refractivity contribution in [1.82, 2.24) is 26.3 Å². The maximum absolute atomic E-state index is 13.3. The molecule has 2 aromatic rings. The average molecular weight is 559 g/mol. The van der Waals surface area contributed by atoms with Gasteiger partial charge in [0.2, 0.25) is 23.6 Å². The Kier molecular flexibility index (Phi) is 12.1. The van der Waals surface area contributed by atoms with Crippen molar-refractivity contribution in [2.24, 2.45) is 17.6 Å². The zero-order valence-electron chi connectivity index (χ0n) is 23.7. The Bertz CT molecular complexity index is 1190. The first-order valence-electron chi connectivity index (χ1n) is 13.5. The lowest BCUT2D eigenvalue weighted by Crippen LogP contribution is -2.58. The van der Waals surface area contributed by atoms with Gasteiger partial charge in [0.15, 0.2) is 0 Å². The molecule has 0 bridgehead atoms. The lowest BCUT2D eigenvalue weighted by Gasteiger charge is -2.26. The average Bonchev–Trinajstić information content (AvgIpc) is 3.28. The third-order valence-electron chi connectivity index (χ3n) is 6.30. The van der Waals surface area contributed by atoms with Crippen LogP contribution >= 0.6 is 0 Å². The Balaban J connectivity index is 2.08. The number of rotatable bonds is 15. The first-order chi connectivity index (χ1) is 18.8. The molecular weight excluding hydrogens is 516 g/mol. The predicted molar refractivity (Wildman–Crippen MR) is 151 cm³/mol. The van der Waals surface area contributed by atoms with E-state index >= 15 is 0 Å². The minimum absolute atomic E-state index is 0.0231. The van der Waals surface area contributed by atoms with Gasteiger partial charge in [-0.05, 0) is 49.7 Å². The minimum atomic E-state index is -1.21. The molecule has 40 heavy (non-hydrogen) atoms. The Morgan fingerprint density at radius 2 is 1.38 bits per heavy atom. The largest absolute Gasteiger partial charge is 0.480 e. The van der Waals surface area contributed by atoms with E-state index in [0.717, 1.165) is 16.5 Å². The number of para-hydroxylation sites is 1. The van der Waals surface area contributed by atoms with Crippen molar-refractivity contribution in [1.29, 1.82) is 0 Å². The van der Waals surface area contributed by atoms with Crippen LogP contribution in [0.4, 0.5) is 0 Å². The molecule has 0 aliphatic carbocycles.